The molecule has 0 bridgehead atoms. The average Bonchev–Trinajstić information content (AvgIpc) is 3.00. The second kappa shape index (κ2) is 7.50. The third kappa shape index (κ3) is 3.02. The summed E-state index contributed by atoms with van der Waals surface area (Å²) < 4.78 is 16.4. The summed E-state index contributed by atoms with van der Waals surface area (Å²) in [4.78, 5) is 28.3. The number of amides is 1. The minimum atomic E-state index is -0.668. The highest BCUT2D eigenvalue weighted by molar-refractivity contribution is 5.99. The third-order valence-electron chi connectivity index (χ3n) is 5.45. The Balaban J connectivity index is 2.00. The van der Waals surface area contributed by atoms with E-state index in [1.807, 2.05) is 19.9 Å². The van der Waals surface area contributed by atoms with Gasteiger partial charge < -0.3 is 23.9 Å². The predicted octanol–water partition coefficient (Wildman–Crippen LogP) is 3.32. The number of carbonyl (C=O) groups excluding carboxylic acids is 1. The number of hydrogen-bond donors (Lipinski definition) is 1. The Morgan fingerprint density at radius 2 is 1.90 bits per heavy atom. The van der Waals surface area contributed by atoms with Crippen molar-refractivity contribution >= 4 is 16.9 Å². The van der Waals surface area contributed by atoms with Crippen molar-refractivity contribution in [3.05, 3.63) is 68.6 Å². The van der Waals surface area contributed by atoms with Crippen LogP contribution in [0.3, 0.4) is 0 Å². The van der Waals surface area contributed by atoms with E-state index < -0.39 is 6.04 Å². The van der Waals surface area contributed by atoms with Crippen LogP contribution in [0.4, 0.5) is 0 Å². The van der Waals surface area contributed by atoms with Crippen molar-refractivity contribution in [1.82, 2.24) is 4.90 Å². The van der Waals surface area contributed by atoms with Gasteiger partial charge in [0.2, 0.25) is 5.76 Å². The molecule has 0 saturated carbocycles. The summed E-state index contributed by atoms with van der Waals surface area (Å²) in [6.07, 6.45) is 0. The molecule has 1 aliphatic heterocycles. The summed E-state index contributed by atoms with van der Waals surface area (Å²) in [5, 5.41) is 10.4. The van der Waals surface area contributed by atoms with E-state index in [4.69, 9.17) is 13.9 Å². The van der Waals surface area contributed by atoms with Crippen LogP contribution in [-0.4, -0.2) is 43.3 Å². The number of fused-ring (bicyclic) bond motifs is 2. The largest absolute Gasteiger partial charge is 0.504 e. The van der Waals surface area contributed by atoms with Gasteiger partial charge in [-0.3, -0.25) is 9.59 Å². The minimum absolute atomic E-state index is 0.0222. The van der Waals surface area contributed by atoms with E-state index in [9.17, 15) is 14.7 Å². The summed E-state index contributed by atoms with van der Waals surface area (Å²) in [6.45, 7) is 4.35. The fourth-order valence-corrected chi connectivity index (χ4v) is 4.11. The Morgan fingerprint density at radius 3 is 2.60 bits per heavy atom. The number of rotatable bonds is 5. The van der Waals surface area contributed by atoms with Gasteiger partial charge in [-0.2, -0.15) is 0 Å². The predicted molar refractivity (Wildman–Crippen MR) is 111 cm³/mol. The van der Waals surface area contributed by atoms with Crippen LogP contribution in [0.5, 0.6) is 11.5 Å². The number of aromatic hydroxyl groups is 1. The van der Waals surface area contributed by atoms with Crippen LogP contribution in [-0.2, 0) is 4.74 Å². The lowest BCUT2D eigenvalue weighted by molar-refractivity contribution is 0.0663. The molecule has 0 fully saturated rings. The van der Waals surface area contributed by atoms with E-state index >= 15 is 0 Å². The van der Waals surface area contributed by atoms with E-state index in [-0.39, 0.29) is 35.1 Å². The van der Waals surface area contributed by atoms with Crippen molar-refractivity contribution in [3.8, 4) is 11.5 Å². The van der Waals surface area contributed by atoms with Crippen molar-refractivity contribution in [2.75, 3.05) is 27.4 Å². The monoisotopic (exact) mass is 409 g/mol. The molecule has 3 aromatic rings. The molecule has 1 amide bonds. The number of carbonyl (C=O) groups is 1. The topological polar surface area (TPSA) is 89.2 Å². The number of hydrogen-bond acceptors (Lipinski definition) is 6. The van der Waals surface area contributed by atoms with E-state index in [0.717, 1.165) is 11.1 Å². The SMILES string of the molecule is COCCN1C(=O)c2oc3c(C)cc(C)cc3c(=O)c2[C@@H]1c1ccc(O)c(OC)c1. The zero-order chi connectivity index (χ0) is 21.6. The minimum Gasteiger partial charge on any atom is -0.504 e. The van der Waals surface area contributed by atoms with Gasteiger partial charge in [0.15, 0.2) is 16.9 Å². The highest BCUT2D eigenvalue weighted by Crippen LogP contribution is 2.40. The number of methoxy groups -OCH3 is 2. The van der Waals surface area contributed by atoms with Gasteiger partial charge in [-0.15, -0.1) is 0 Å². The molecular formula is C23H23NO6. The molecule has 1 aliphatic rings. The van der Waals surface area contributed by atoms with Crippen molar-refractivity contribution in [1.29, 1.82) is 0 Å². The fraction of sp³-hybridized carbons (Fsp3) is 0.304. The molecule has 1 atom stereocenters. The van der Waals surface area contributed by atoms with Crippen LogP contribution >= 0.6 is 0 Å². The number of aryl methyl sites for hydroxylation is 2. The molecule has 0 unspecified atom stereocenters. The van der Waals surface area contributed by atoms with Gasteiger partial charge in [-0.25, -0.2) is 0 Å². The highest BCUT2D eigenvalue weighted by atomic mass is 16.5. The van der Waals surface area contributed by atoms with Crippen molar-refractivity contribution in [2.24, 2.45) is 0 Å². The number of nitrogens with zero attached hydrogens (tertiary/aromatic N) is 1. The number of benzene rings is 2. The summed E-state index contributed by atoms with van der Waals surface area (Å²) >= 11 is 0. The zero-order valence-electron chi connectivity index (χ0n) is 17.3. The van der Waals surface area contributed by atoms with Crippen molar-refractivity contribution < 1.29 is 23.8 Å². The van der Waals surface area contributed by atoms with Crippen LogP contribution in [0.1, 0.15) is 38.9 Å². The second-order valence-electron chi connectivity index (χ2n) is 7.46. The van der Waals surface area contributed by atoms with Crippen molar-refractivity contribution in [2.45, 2.75) is 19.9 Å². The molecule has 7 heteroatoms. The third-order valence-corrected chi connectivity index (χ3v) is 5.45. The van der Waals surface area contributed by atoms with Crippen LogP contribution in [0.25, 0.3) is 11.0 Å². The van der Waals surface area contributed by atoms with Gasteiger partial charge in [-0.1, -0.05) is 12.1 Å². The molecule has 0 spiro atoms. The Bertz CT molecular complexity index is 1210. The Labute approximate surface area is 173 Å². The first kappa shape index (κ1) is 20.0. The number of phenolic OH excluding ortho intramolecular Hbond substituents is 1. The summed E-state index contributed by atoms with van der Waals surface area (Å²) in [6, 6.07) is 7.83. The van der Waals surface area contributed by atoms with E-state index in [2.05, 4.69) is 0 Å². The van der Waals surface area contributed by atoms with Crippen LogP contribution < -0.4 is 10.2 Å². The van der Waals surface area contributed by atoms with Gasteiger partial charge in [0.25, 0.3) is 5.91 Å². The molecule has 4 rings (SSSR count). The molecule has 7 nitrogen and oxygen atoms in total. The first-order valence-corrected chi connectivity index (χ1v) is 9.62. The first-order valence-electron chi connectivity index (χ1n) is 9.62. The van der Waals surface area contributed by atoms with Gasteiger partial charge in [0.1, 0.15) is 5.58 Å². The quantitative estimate of drug-likeness (QED) is 0.695. The lowest BCUT2D eigenvalue weighted by Gasteiger charge is -2.25. The summed E-state index contributed by atoms with van der Waals surface area (Å²) in [5.41, 5.74) is 2.87. The molecule has 0 aliphatic carbocycles. The lowest BCUT2D eigenvalue weighted by atomic mass is 9.97. The maximum absolute atomic E-state index is 13.5. The molecule has 156 valence electrons. The van der Waals surface area contributed by atoms with Crippen molar-refractivity contribution in [3.63, 3.8) is 0 Å². The van der Waals surface area contributed by atoms with Crippen LogP contribution in [0.2, 0.25) is 0 Å². The standard InChI is InChI=1S/C23H23NO6/c1-12-9-13(2)21-15(10-12)20(26)18-19(14-5-6-16(25)17(11-14)29-4)24(7-8-28-3)23(27)22(18)30-21/h5-6,9-11,19,25H,7-8H2,1-4H3/t19-/m0/s1. The highest BCUT2D eigenvalue weighted by Gasteiger charge is 2.42. The zero-order valence-corrected chi connectivity index (χ0v) is 17.3. The molecule has 1 N–H and O–H groups in total. The smallest absolute Gasteiger partial charge is 0.290 e. The van der Waals surface area contributed by atoms with Gasteiger partial charge >= 0.3 is 0 Å². The normalized spacial score (nSPS) is 15.7. The lowest BCUT2D eigenvalue weighted by Crippen LogP contribution is -2.32. The maximum Gasteiger partial charge on any atom is 0.290 e. The van der Waals surface area contributed by atoms with E-state index in [1.54, 1.807) is 30.2 Å². The summed E-state index contributed by atoms with van der Waals surface area (Å²) in [5.74, 6) is -0.0753. The number of phenols is 1. The molecule has 1 aromatic heterocycles. The maximum atomic E-state index is 13.5. The Hall–Kier alpha value is -3.32. The second-order valence-corrected chi connectivity index (χ2v) is 7.46. The average molecular weight is 409 g/mol. The van der Waals surface area contributed by atoms with Crippen LogP contribution in [0, 0.1) is 13.8 Å². The molecular weight excluding hydrogens is 386 g/mol. The molecule has 2 heterocycles. The molecule has 30 heavy (non-hydrogen) atoms. The Morgan fingerprint density at radius 1 is 1.13 bits per heavy atom. The first-order chi connectivity index (χ1) is 14.4. The number of ether oxygens (including phenoxy) is 2. The molecule has 2 aromatic carbocycles. The fourth-order valence-electron chi connectivity index (χ4n) is 4.11. The van der Waals surface area contributed by atoms with Gasteiger partial charge in [0, 0.05) is 13.7 Å². The van der Waals surface area contributed by atoms with Gasteiger partial charge in [-0.05, 0) is 48.7 Å². The van der Waals surface area contributed by atoms with E-state index in [0.29, 0.717) is 28.7 Å². The molecule has 0 saturated heterocycles. The Kier molecular flexibility index (Phi) is 4.99. The van der Waals surface area contributed by atoms with Gasteiger partial charge in [0.05, 0.1) is 30.7 Å². The summed E-state index contributed by atoms with van der Waals surface area (Å²) in [7, 11) is 3.00. The van der Waals surface area contributed by atoms with Crippen LogP contribution in [0.15, 0.2) is 39.5 Å². The van der Waals surface area contributed by atoms with E-state index in [1.165, 1.54) is 13.2 Å². The molecule has 0 radical (unpaired) electrons.